The number of hydrogen-bond acceptors (Lipinski definition) is 3. The lowest BCUT2D eigenvalue weighted by molar-refractivity contribution is -0.115. The van der Waals surface area contributed by atoms with E-state index in [-0.39, 0.29) is 12.0 Å². The maximum atomic E-state index is 12.1. The van der Waals surface area contributed by atoms with Crippen LogP contribution in [-0.2, 0) is 9.63 Å². The molecule has 1 fully saturated rings. The zero-order valence-electron chi connectivity index (χ0n) is 12.3. The minimum Gasteiger partial charge on any atom is -0.387 e. The van der Waals surface area contributed by atoms with Crippen LogP contribution in [0.2, 0.25) is 0 Å². The van der Waals surface area contributed by atoms with Crippen LogP contribution >= 0.6 is 0 Å². The number of carbonyl (C=O) groups excluding carboxylic acids is 1. The molecule has 0 saturated heterocycles. The molecule has 1 saturated carbocycles. The summed E-state index contributed by atoms with van der Waals surface area (Å²) in [4.78, 5) is 17.5. The van der Waals surface area contributed by atoms with Crippen molar-refractivity contribution in [2.75, 3.05) is 6.54 Å². The minimum absolute atomic E-state index is 0.0704. The number of amides is 1. The predicted molar refractivity (Wildman–Crippen MR) is 81.9 cm³/mol. The summed E-state index contributed by atoms with van der Waals surface area (Å²) in [5.74, 6) is 0.564. The third kappa shape index (κ3) is 3.63. The first-order valence-corrected chi connectivity index (χ1v) is 7.89. The third-order valence-electron chi connectivity index (χ3n) is 4.38. The number of nitrogens with one attached hydrogen (secondary N) is 1. The molecule has 112 valence electrons. The van der Waals surface area contributed by atoms with Crippen LogP contribution in [0.3, 0.4) is 0 Å². The normalized spacial score (nSPS) is 22.5. The second kappa shape index (κ2) is 6.74. The Labute approximate surface area is 125 Å². The van der Waals surface area contributed by atoms with Crippen molar-refractivity contribution in [2.45, 2.75) is 44.6 Å². The lowest BCUT2D eigenvalue weighted by Gasteiger charge is -2.21. The Morgan fingerprint density at radius 1 is 1.19 bits per heavy atom. The van der Waals surface area contributed by atoms with Crippen molar-refractivity contribution in [1.82, 2.24) is 5.32 Å². The number of nitrogens with zero attached hydrogens (tertiary/aromatic N) is 1. The van der Waals surface area contributed by atoms with Crippen LogP contribution in [0, 0.1) is 5.92 Å². The molecule has 1 unspecified atom stereocenters. The summed E-state index contributed by atoms with van der Waals surface area (Å²) < 4.78 is 0. The molecule has 1 N–H and O–H groups in total. The van der Waals surface area contributed by atoms with E-state index in [0.717, 1.165) is 12.1 Å². The van der Waals surface area contributed by atoms with Gasteiger partial charge < -0.3 is 10.2 Å². The van der Waals surface area contributed by atoms with E-state index in [1.54, 1.807) is 0 Å². The predicted octanol–water partition coefficient (Wildman–Crippen LogP) is 3.20. The summed E-state index contributed by atoms with van der Waals surface area (Å²) in [6, 6.07) is 9.92. The summed E-state index contributed by atoms with van der Waals surface area (Å²) in [5, 5.41) is 6.98. The topological polar surface area (TPSA) is 50.7 Å². The van der Waals surface area contributed by atoms with Crippen LogP contribution < -0.4 is 5.32 Å². The first-order valence-electron chi connectivity index (χ1n) is 7.89. The molecule has 1 aromatic rings. The first kappa shape index (κ1) is 14.1. The molecule has 1 atom stereocenters. The Kier molecular flexibility index (Phi) is 4.53. The highest BCUT2D eigenvalue weighted by atomic mass is 16.6. The van der Waals surface area contributed by atoms with Gasteiger partial charge in [-0.05, 0) is 24.3 Å². The Bertz CT molecular complexity index is 507. The largest absolute Gasteiger partial charge is 0.387 e. The van der Waals surface area contributed by atoms with Gasteiger partial charge in [0.25, 0.3) is 5.91 Å². The van der Waals surface area contributed by atoms with Gasteiger partial charge in [-0.2, -0.15) is 0 Å². The fourth-order valence-corrected chi connectivity index (χ4v) is 3.09. The smallest absolute Gasteiger partial charge is 0.269 e. The average Bonchev–Trinajstić information content (AvgIpc) is 3.04. The molecule has 3 rings (SSSR count). The fraction of sp³-hybridized carbons (Fsp3) is 0.529. The van der Waals surface area contributed by atoms with Gasteiger partial charge in [0, 0.05) is 13.0 Å². The van der Waals surface area contributed by atoms with E-state index in [1.165, 1.54) is 32.1 Å². The van der Waals surface area contributed by atoms with Gasteiger partial charge in [-0.1, -0.05) is 54.8 Å². The lowest BCUT2D eigenvalue weighted by Crippen LogP contribution is -2.34. The summed E-state index contributed by atoms with van der Waals surface area (Å²) in [7, 11) is 0. The second-order valence-corrected chi connectivity index (χ2v) is 5.96. The quantitative estimate of drug-likeness (QED) is 0.924. The van der Waals surface area contributed by atoms with Crippen LogP contribution in [0.1, 0.15) is 50.2 Å². The van der Waals surface area contributed by atoms with E-state index in [4.69, 9.17) is 4.84 Å². The SMILES string of the molecule is O=C(NCC1CCCCC1)C1=NOC(c2ccccc2)C1. The molecule has 1 aliphatic heterocycles. The molecule has 1 amide bonds. The van der Waals surface area contributed by atoms with E-state index in [2.05, 4.69) is 10.5 Å². The fourth-order valence-electron chi connectivity index (χ4n) is 3.09. The van der Waals surface area contributed by atoms with Gasteiger partial charge in [0.15, 0.2) is 6.10 Å². The van der Waals surface area contributed by atoms with Crippen molar-refractivity contribution in [3.8, 4) is 0 Å². The van der Waals surface area contributed by atoms with Crippen molar-refractivity contribution >= 4 is 11.6 Å². The van der Waals surface area contributed by atoms with Crippen molar-refractivity contribution in [3.05, 3.63) is 35.9 Å². The number of carbonyl (C=O) groups is 1. The number of oxime groups is 1. The molecule has 0 aromatic heterocycles. The standard InChI is InChI=1S/C17H22N2O2/c20-17(18-12-13-7-3-1-4-8-13)15-11-16(21-19-15)14-9-5-2-6-10-14/h2,5-6,9-10,13,16H,1,3-4,7-8,11-12H2,(H,18,20). The van der Waals surface area contributed by atoms with Gasteiger partial charge in [-0.15, -0.1) is 0 Å². The summed E-state index contributed by atoms with van der Waals surface area (Å²) in [6.07, 6.45) is 6.82. The van der Waals surface area contributed by atoms with Crippen LogP contribution in [0.5, 0.6) is 0 Å². The Morgan fingerprint density at radius 3 is 2.71 bits per heavy atom. The average molecular weight is 286 g/mol. The van der Waals surface area contributed by atoms with Gasteiger partial charge >= 0.3 is 0 Å². The summed E-state index contributed by atoms with van der Waals surface area (Å²) in [6.45, 7) is 0.772. The van der Waals surface area contributed by atoms with Crippen LogP contribution in [-0.4, -0.2) is 18.2 Å². The van der Waals surface area contributed by atoms with E-state index in [9.17, 15) is 4.79 Å². The molecule has 0 spiro atoms. The summed E-state index contributed by atoms with van der Waals surface area (Å²) in [5.41, 5.74) is 1.58. The minimum atomic E-state index is -0.123. The highest BCUT2D eigenvalue weighted by Gasteiger charge is 2.27. The van der Waals surface area contributed by atoms with Crippen molar-refractivity contribution in [1.29, 1.82) is 0 Å². The van der Waals surface area contributed by atoms with Gasteiger partial charge in [-0.3, -0.25) is 4.79 Å². The van der Waals surface area contributed by atoms with Crippen molar-refractivity contribution in [3.63, 3.8) is 0 Å². The number of hydrogen-bond donors (Lipinski definition) is 1. The van der Waals surface area contributed by atoms with E-state index in [0.29, 0.717) is 18.1 Å². The first-order chi connectivity index (χ1) is 10.3. The molecular weight excluding hydrogens is 264 g/mol. The Morgan fingerprint density at radius 2 is 1.95 bits per heavy atom. The Hall–Kier alpha value is -1.84. The number of benzene rings is 1. The maximum Gasteiger partial charge on any atom is 0.269 e. The molecule has 0 radical (unpaired) electrons. The molecular formula is C17H22N2O2. The van der Waals surface area contributed by atoms with Crippen molar-refractivity contribution in [2.24, 2.45) is 11.1 Å². The van der Waals surface area contributed by atoms with Crippen LogP contribution in [0.25, 0.3) is 0 Å². The van der Waals surface area contributed by atoms with Crippen molar-refractivity contribution < 1.29 is 9.63 Å². The Balaban J connectivity index is 1.48. The van der Waals surface area contributed by atoms with E-state index < -0.39 is 0 Å². The molecule has 2 aliphatic rings. The van der Waals surface area contributed by atoms with Crippen LogP contribution in [0.15, 0.2) is 35.5 Å². The third-order valence-corrected chi connectivity index (χ3v) is 4.38. The molecule has 4 nitrogen and oxygen atoms in total. The zero-order chi connectivity index (χ0) is 14.5. The molecule has 0 bridgehead atoms. The molecule has 4 heteroatoms. The molecule has 21 heavy (non-hydrogen) atoms. The zero-order valence-corrected chi connectivity index (χ0v) is 12.3. The van der Waals surface area contributed by atoms with Gasteiger partial charge in [-0.25, -0.2) is 0 Å². The highest BCUT2D eigenvalue weighted by Crippen LogP contribution is 2.27. The second-order valence-electron chi connectivity index (χ2n) is 5.96. The lowest BCUT2D eigenvalue weighted by atomic mass is 9.89. The highest BCUT2D eigenvalue weighted by molar-refractivity contribution is 6.39. The van der Waals surface area contributed by atoms with Crippen LogP contribution in [0.4, 0.5) is 0 Å². The van der Waals surface area contributed by atoms with Gasteiger partial charge in [0.2, 0.25) is 0 Å². The van der Waals surface area contributed by atoms with E-state index >= 15 is 0 Å². The molecule has 1 aromatic carbocycles. The van der Waals surface area contributed by atoms with Gasteiger partial charge in [0.1, 0.15) is 5.71 Å². The number of rotatable bonds is 4. The maximum absolute atomic E-state index is 12.1. The summed E-state index contributed by atoms with van der Waals surface area (Å²) >= 11 is 0. The molecule has 1 aliphatic carbocycles. The monoisotopic (exact) mass is 286 g/mol. The molecule has 1 heterocycles. The van der Waals surface area contributed by atoms with Gasteiger partial charge in [0.05, 0.1) is 0 Å². The van der Waals surface area contributed by atoms with E-state index in [1.807, 2.05) is 30.3 Å².